The van der Waals surface area contributed by atoms with Crippen LogP contribution >= 0.6 is 0 Å². The minimum absolute atomic E-state index is 0.279. The summed E-state index contributed by atoms with van der Waals surface area (Å²) in [5.41, 5.74) is 1.49. The molecule has 0 aromatic heterocycles. The van der Waals surface area contributed by atoms with Crippen molar-refractivity contribution in [3.63, 3.8) is 0 Å². The Hall–Kier alpha value is -1.88. The van der Waals surface area contributed by atoms with Gasteiger partial charge in [-0.25, -0.2) is 4.79 Å². The summed E-state index contributed by atoms with van der Waals surface area (Å²) in [4.78, 5) is 21.7. The van der Waals surface area contributed by atoms with Crippen LogP contribution < -0.4 is 0 Å². The molecule has 0 fully saturated rings. The molecule has 0 radical (unpaired) electrons. The van der Waals surface area contributed by atoms with E-state index >= 15 is 0 Å². The molecule has 1 rings (SSSR count). The zero-order valence-corrected chi connectivity index (χ0v) is 11.2. The molecule has 0 bridgehead atoms. The fourth-order valence-corrected chi connectivity index (χ4v) is 1.42. The van der Waals surface area contributed by atoms with Gasteiger partial charge in [0.1, 0.15) is 0 Å². The van der Waals surface area contributed by atoms with Gasteiger partial charge in [-0.3, -0.25) is 4.79 Å². The normalized spacial score (nSPS) is 10.0. The summed E-state index contributed by atoms with van der Waals surface area (Å²) >= 11 is 0. The molecule has 1 aromatic rings. The Labute approximate surface area is 112 Å². The van der Waals surface area contributed by atoms with Crippen LogP contribution in [0.5, 0.6) is 0 Å². The van der Waals surface area contributed by atoms with Gasteiger partial charge in [0.05, 0.1) is 32.5 Å². The summed E-state index contributed by atoms with van der Waals surface area (Å²) in [7, 11) is 1.35. The van der Waals surface area contributed by atoms with Gasteiger partial charge in [0, 0.05) is 13.3 Å². The van der Waals surface area contributed by atoms with E-state index in [2.05, 4.69) is 4.74 Å². The number of rotatable bonds is 7. The van der Waals surface area contributed by atoms with Gasteiger partial charge in [0.2, 0.25) is 0 Å². The van der Waals surface area contributed by atoms with Crippen LogP contribution in [-0.2, 0) is 25.6 Å². The van der Waals surface area contributed by atoms with E-state index in [4.69, 9.17) is 9.47 Å². The van der Waals surface area contributed by atoms with Crippen LogP contribution in [-0.4, -0.2) is 32.3 Å². The number of hydrogen-bond donors (Lipinski definition) is 0. The summed E-state index contributed by atoms with van der Waals surface area (Å²) in [6, 6.07) is 7.03. The van der Waals surface area contributed by atoms with Crippen LogP contribution in [0.15, 0.2) is 24.3 Å². The fourth-order valence-electron chi connectivity index (χ4n) is 1.42. The van der Waals surface area contributed by atoms with Gasteiger partial charge >= 0.3 is 11.9 Å². The average molecular weight is 266 g/mol. The maximum Gasteiger partial charge on any atom is 0.337 e. The highest BCUT2D eigenvalue weighted by Gasteiger charge is 2.04. The zero-order chi connectivity index (χ0) is 14.1. The maximum absolute atomic E-state index is 11.2. The van der Waals surface area contributed by atoms with Crippen LogP contribution in [0.1, 0.15) is 29.3 Å². The Morgan fingerprint density at radius 1 is 1.11 bits per heavy atom. The van der Waals surface area contributed by atoms with Crippen molar-refractivity contribution in [3.8, 4) is 0 Å². The minimum Gasteiger partial charge on any atom is -0.466 e. The number of carbonyl (C=O) groups is 2. The molecule has 0 saturated carbocycles. The second-order valence-electron chi connectivity index (χ2n) is 3.93. The molecule has 5 heteroatoms. The van der Waals surface area contributed by atoms with Crippen molar-refractivity contribution in [2.45, 2.75) is 20.0 Å². The van der Waals surface area contributed by atoms with E-state index in [-0.39, 0.29) is 11.9 Å². The third-order valence-electron chi connectivity index (χ3n) is 2.38. The SMILES string of the molecule is COC(=O)c1ccc(COCCCOC(C)=O)cc1. The van der Waals surface area contributed by atoms with Crippen molar-refractivity contribution in [3.05, 3.63) is 35.4 Å². The summed E-state index contributed by atoms with van der Waals surface area (Å²) in [6.45, 7) is 2.73. The summed E-state index contributed by atoms with van der Waals surface area (Å²) < 4.78 is 14.8. The van der Waals surface area contributed by atoms with Crippen molar-refractivity contribution in [2.75, 3.05) is 20.3 Å². The largest absolute Gasteiger partial charge is 0.466 e. The molecule has 0 aliphatic rings. The predicted octanol–water partition coefficient (Wildman–Crippen LogP) is 1.94. The molecular weight excluding hydrogens is 248 g/mol. The highest BCUT2D eigenvalue weighted by Crippen LogP contribution is 2.07. The summed E-state index contributed by atoms with van der Waals surface area (Å²) in [5.74, 6) is -0.632. The second kappa shape index (κ2) is 8.26. The number of esters is 2. The first-order valence-corrected chi connectivity index (χ1v) is 6.02. The second-order valence-corrected chi connectivity index (χ2v) is 3.93. The van der Waals surface area contributed by atoms with Gasteiger partial charge in [0.25, 0.3) is 0 Å². The van der Waals surface area contributed by atoms with E-state index in [1.807, 2.05) is 12.1 Å². The molecule has 0 amide bonds. The van der Waals surface area contributed by atoms with Crippen molar-refractivity contribution < 1.29 is 23.8 Å². The minimum atomic E-state index is -0.353. The van der Waals surface area contributed by atoms with Gasteiger partial charge in [0.15, 0.2) is 0 Å². The Balaban J connectivity index is 2.23. The third-order valence-corrected chi connectivity index (χ3v) is 2.38. The lowest BCUT2D eigenvalue weighted by atomic mass is 10.1. The van der Waals surface area contributed by atoms with E-state index in [1.165, 1.54) is 14.0 Å². The third kappa shape index (κ3) is 6.01. The van der Waals surface area contributed by atoms with Crippen LogP contribution in [0, 0.1) is 0 Å². The van der Waals surface area contributed by atoms with E-state index in [0.29, 0.717) is 31.8 Å². The lowest BCUT2D eigenvalue weighted by Crippen LogP contribution is -2.05. The molecule has 0 N–H and O–H groups in total. The Morgan fingerprint density at radius 3 is 2.37 bits per heavy atom. The van der Waals surface area contributed by atoms with Crippen molar-refractivity contribution in [1.82, 2.24) is 0 Å². The molecule has 0 atom stereocenters. The molecule has 0 unspecified atom stereocenters. The van der Waals surface area contributed by atoms with Gasteiger partial charge in [-0.1, -0.05) is 12.1 Å². The van der Waals surface area contributed by atoms with Crippen molar-refractivity contribution in [1.29, 1.82) is 0 Å². The molecule has 1 aromatic carbocycles. The van der Waals surface area contributed by atoms with Gasteiger partial charge in [-0.2, -0.15) is 0 Å². The monoisotopic (exact) mass is 266 g/mol. The number of ether oxygens (including phenoxy) is 3. The molecule has 0 aliphatic carbocycles. The van der Waals surface area contributed by atoms with Gasteiger partial charge in [-0.05, 0) is 17.7 Å². The fraction of sp³-hybridized carbons (Fsp3) is 0.429. The maximum atomic E-state index is 11.2. The Morgan fingerprint density at radius 2 is 1.79 bits per heavy atom. The highest BCUT2D eigenvalue weighted by molar-refractivity contribution is 5.89. The van der Waals surface area contributed by atoms with Crippen molar-refractivity contribution in [2.24, 2.45) is 0 Å². The molecule has 5 nitrogen and oxygen atoms in total. The molecule has 0 spiro atoms. The number of carbonyl (C=O) groups excluding carboxylic acids is 2. The lowest BCUT2D eigenvalue weighted by molar-refractivity contribution is -0.141. The first kappa shape index (κ1) is 15.2. The lowest BCUT2D eigenvalue weighted by Gasteiger charge is -2.05. The Bertz CT molecular complexity index is 410. The average Bonchev–Trinajstić information content (AvgIpc) is 2.42. The first-order valence-electron chi connectivity index (χ1n) is 6.02. The predicted molar refractivity (Wildman–Crippen MR) is 68.7 cm³/mol. The smallest absolute Gasteiger partial charge is 0.337 e. The molecule has 0 heterocycles. The molecule has 19 heavy (non-hydrogen) atoms. The number of benzene rings is 1. The van der Waals surface area contributed by atoms with Crippen molar-refractivity contribution >= 4 is 11.9 Å². The highest BCUT2D eigenvalue weighted by atomic mass is 16.5. The number of methoxy groups -OCH3 is 1. The van der Waals surface area contributed by atoms with E-state index in [1.54, 1.807) is 12.1 Å². The van der Waals surface area contributed by atoms with Gasteiger partial charge < -0.3 is 14.2 Å². The van der Waals surface area contributed by atoms with Crippen LogP contribution in [0.25, 0.3) is 0 Å². The quantitative estimate of drug-likeness (QED) is 0.557. The molecular formula is C14H18O5. The summed E-state index contributed by atoms with van der Waals surface area (Å²) in [5, 5.41) is 0. The molecule has 104 valence electrons. The molecule has 0 aliphatic heterocycles. The Kier molecular flexibility index (Phi) is 6.60. The van der Waals surface area contributed by atoms with Crippen LogP contribution in [0.2, 0.25) is 0 Å². The number of hydrogen-bond acceptors (Lipinski definition) is 5. The van der Waals surface area contributed by atoms with Crippen LogP contribution in [0.3, 0.4) is 0 Å². The zero-order valence-electron chi connectivity index (χ0n) is 11.2. The van der Waals surface area contributed by atoms with E-state index in [0.717, 1.165) is 5.56 Å². The molecule has 0 saturated heterocycles. The van der Waals surface area contributed by atoms with E-state index in [9.17, 15) is 9.59 Å². The topological polar surface area (TPSA) is 61.8 Å². The summed E-state index contributed by atoms with van der Waals surface area (Å²) in [6.07, 6.45) is 0.666. The van der Waals surface area contributed by atoms with Crippen LogP contribution in [0.4, 0.5) is 0 Å². The van der Waals surface area contributed by atoms with E-state index < -0.39 is 0 Å². The first-order chi connectivity index (χ1) is 9.13. The van der Waals surface area contributed by atoms with Gasteiger partial charge in [-0.15, -0.1) is 0 Å². The standard InChI is InChI=1S/C14H18O5/c1-11(15)19-9-3-8-18-10-12-4-6-13(7-5-12)14(16)17-2/h4-7H,3,8-10H2,1-2H3.